The molecule has 2 rings (SSSR count). The molecule has 2 aromatic rings. The molecule has 0 aliphatic heterocycles. The predicted octanol–water partition coefficient (Wildman–Crippen LogP) is 6.13. The number of carbonyl (C=O) groups excluding carboxylic acids is 1. The summed E-state index contributed by atoms with van der Waals surface area (Å²) < 4.78 is 7.96. The van der Waals surface area contributed by atoms with Gasteiger partial charge in [0, 0.05) is 23.2 Å². The summed E-state index contributed by atoms with van der Waals surface area (Å²) in [5, 5.41) is 4.01. The monoisotopic (exact) mass is 587 g/mol. The maximum Gasteiger partial charge on any atom is 0.277 e. The topological polar surface area (TPSA) is 53.9 Å². The van der Waals surface area contributed by atoms with Gasteiger partial charge in [0.15, 0.2) is 6.61 Å². The number of anilines is 1. The van der Waals surface area contributed by atoms with E-state index in [9.17, 15) is 4.79 Å². The summed E-state index contributed by atoms with van der Waals surface area (Å²) in [4.78, 5) is 14.4. The first-order valence-electron chi connectivity index (χ1n) is 9.38. The first kappa shape index (κ1) is 23.9. The van der Waals surface area contributed by atoms with Crippen LogP contribution in [-0.2, 0) is 4.79 Å². The van der Waals surface area contributed by atoms with Crippen molar-refractivity contribution in [3.05, 3.63) is 55.4 Å². The number of hydrazone groups is 1. The van der Waals surface area contributed by atoms with Crippen LogP contribution in [-0.4, -0.2) is 31.8 Å². The summed E-state index contributed by atoms with van der Waals surface area (Å²) in [5.41, 5.74) is 4.61. The molecule has 0 spiro atoms. The number of rotatable bonds is 10. The summed E-state index contributed by atoms with van der Waals surface area (Å²) >= 11 is 10.2. The third-order valence-electron chi connectivity index (χ3n) is 3.96. The van der Waals surface area contributed by atoms with E-state index < -0.39 is 0 Å². The average molecular weight is 590 g/mol. The van der Waals surface area contributed by atoms with E-state index in [1.54, 1.807) is 6.21 Å². The Hall–Kier alpha value is -1.38. The van der Waals surface area contributed by atoms with Gasteiger partial charge in [-0.15, -0.1) is 0 Å². The molecule has 0 fully saturated rings. The summed E-state index contributed by atoms with van der Waals surface area (Å²) in [6.07, 6.45) is 3.85. The summed E-state index contributed by atoms with van der Waals surface area (Å²) in [7, 11) is 0. The third-order valence-corrected chi connectivity index (χ3v) is 5.59. The van der Waals surface area contributed by atoms with E-state index in [1.807, 2.05) is 24.3 Å². The molecular weight excluding hydrogens is 566 g/mol. The van der Waals surface area contributed by atoms with Gasteiger partial charge in [-0.3, -0.25) is 4.79 Å². The highest BCUT2D eigenvalue weighted by Crippen LogP contribution is 2.36. The van der Waals surface area contributed by atoms with Crippen LogP contribution < -0.4 is 15.1 Å². The molecule has 5 nitrogen and oxygen atoms in total. The van der Waals surface area contributed by atoms with Crippen LogP contribution in [0.4, 0.5) is 5.69 Å². The molecule has 0 aliphatic rings. The fourth-order valence-corrected chi connectivity index (χ4v) is 5.18. The quantitative estimate of drug-likeness (QED) is 0.268. The minimum Gasteiger partial charge on any atom is -0.481 e. The number of carbonyl (C=O) groups is 1. The zero-order valence-electron chi connectivity index (χ0n) is 16.4. The first-order chi connectivity index (χ1) is 13.9. The maximum absolute atomic E-state index is 12.0. The van der Waals surface area contributed by atoms with Crippen molar-refractivity contribution < 1.29 is 9.53 Å². The Morgan fingerprint density at radius 2 is 1.66 bits per heavy atom. The van der Waals surface area contributed by atoms with Crippen LogP contribution in [0.3, 0.4) is 0 Å². The van der Waals surface area contributed by atoms with Gasteiger partial charge in [0.1, 0.15) is 5.75 Å². The van der Waals surface area contributed by atoms with Gasteiger partial charge in [-0.25, -0.2) is 5.43 Å². The van der Waals surface area contributed by atoms with Crippen molar-refractivity contribution in [3.8, 4) is 5.75 Å². The highest BCUT2D eigenvalue weighted by atomic mass is 79.9. The maximum atomic E-state index is 12.0. The Bertz CT molecular complexity index is 813. The minimum absolute atomic E-state index is 0.141. The molecule has 29 heavy (non-hydrogen) atoms. The Labute approximate surface area is 197 Å². The van der Waals surface area contributed by atoms with Gasteiger partial charge >= 0.3 is 0 Å². The molecule has 0 aromatic heterocycles. The number of hydrogen-bond acceptors (Lipinski definition) is 4. The molecule has 0 radical (unpaired) electrons. The van der Waals surface area contributed by atoms with Gasteiger partial charge in [0.25, 0.3) is 5.91 Å². The van der Waals surface area contributed by atoms with Gasteiger partial charge in [0.05, 0.1) is 15.2 Å². The molecule has 0 saturated heterocycles. The van der Waals surface area contributed by atoms with E-state index in [0.717, 1.165) is 44.9 Å². The van der Waals surface area contributed by atoms with E-state index in [0.29, 0.717) is 5.75 Å². The molecule has 8 heteroatoms. The smallest absolute Gasteiger partial charge is 0.277 e. The lowest BCUT2D eigenvalue weighted by Crippen LogP contribution is -2.25. The second-order valence-corrected chi connectivity index (χ2v) is 8.98. The molecule has 0 unspecified atom stereocenters. The molecule has 0 saturated carbocycles. The van der Waals surface area contributed by atoms with Crippen molar-refractivity contribution in [2.45, 2.75) is 26.7 Å². The molecule has 0 aliphatic carbocycles. The van der Waals surface area contributed by atoms with Gasteiger partial charge in [0.2, 0.25) is 0 Å². The average Bonchev–Trinajstić information content (AvgIpc) is 2.67. The number of nitrogens with zero attached hydrogens (tertiary/aromatic N) is 2. The van der Waals surface area contributed by atoms with Gasteiger partial charge in [-0.2, -0.15) is 5.10 Å². The summed E-state index contributed by atoms with van der Waals surface area (Å²) in [6.45, 7) is 6.32. The molecule has 0 heterocycles. The summed E-state index contributed by atoms with van der Waals surface area (Å²) in [6, 6.07) is 11.9. The van der Waals surface area contributed by atoms with Crippen LogP contribution >= 0.6 is 47.8 Å². The van der Waals surface area contributed by atoms with E-state index >= 15 is 0 Å². The van der Waals surface area contributed by atoms with Crippen LogP contribution in [0, 0.1) is 0 Å². The fraction of sp³-hybridized carbons (Fsp3) is 0.333. The molecule has 156 valence electrons. The third kappa shape index (κ3) is 7.75. The van der Waals surface area contributed by atoms with Gasteiger partial charge < -0.3 is 9.64 Å². The van der Waals surface area contributed by atoms with E-state index in [-0.39, 0.29) is 12.5 Å². The number of hydrogen-bond donors (Lipinski definition) is 1. The largest absolute Gasteiger partial charge is 0.481 e. The lowest BCUT2D eigenvalue weighted by molar-refractivity contribution is -0.123. The predicted molar refractivity (Wildman–Crippen MR) is 130 cm³/mol. The van der Waals surface area contributed by atoms with Crippen LogP contribution in [0.25, 0.3) is 0 Å². The number of amides is 1. The normalized spacial score (nSPS) is 10.9. The van der Waals surface area contributed by atoms with Crippen LogP contribution in [0.5, 0.6) is 5.75 Å². The SMILES string of the molecule is CCCN(CCC)c1ccc(/C=N/NC(=O)COc2c(Br)cc(Br)cc2Br)cc1. The Balaban J connectivity index is 1.87. The lowest BCUT2D eigenvalue weighted by Gasteiger charge is -2.23. The standard InChI is InChI=1S/C21H24Br3N3O2/c1-3-9-27(10-4-2)17-7-5-15(6-8-17)13-25-26-20(28)14-29-21-18(23)11-16(22)12-19(21)24/h5-8,11-13H,3-4,9-10,14H2,1-2H3,(H,26,28)/b25-13+. The summed E-state index contributed by atoms with van der Waals surface area (Å²) in [5.74, 6) is 0.225. The second-order valence-electron chi connectivity index (χ2n) is 6.36. The fourth-order valence-electron chi connectivity index (χ4n) is 2.70. The van der Waals surface area contributed by atoms with Crippen LogP contribution in [0.2, 0.25) is 0 Å². The number of benzene rings is 2. The number of nitrogens with one attached hydrogen (secondary N) is 1. The van der Waals surface area contributed by atoms with Crippen LogP contribution in [0.1, 0.15) is 32.3 Å². The molecule has 1 N–H and O–H groups in total. The molecule has 1 amide bonds. The zero-order chi connectivity index (χ0) is 21.2. The second kappa shape index (κ2) is 12.3. The van der Waals surface area contributed by atoms with Crippen molar-refractivity contribution in [2.24, 2.45) is 5.10 Å². The van der Waals surface area contributed by atoms with E-state index in [4.69, 9.17) is 4.74 Å². The lowest BCUT2D eigenvalue weighted by atomic mass is 10.2. The van der Waals surface area contributed by atoms with E-state index in [1.165, 1.54) is 5.69 Å². The van der Waals surface area contributed by atoms with Gasteiger partial charge in [-0.1, -0.05) is 41.9 Å². The van der Waals surface area contributed by atoms with Crippen molar-refractivity contribution in [2.75, 3.05) is 24.6 Å². The van der Waals surface area contributed by atoms with Crippen molar-refractivity contribution >= 4 is 65.6 Å². The van der Waals surface area contributed by atoms with Crippen molar-refractivity contribution in [3.63, 3.8) is 0 Å². The first-order valence-corrected chi connectivity index (χ1v) is 11.8. The molecule has 0 bridgehead atoms. The van der Waals surface area contributed by atoms with Gasteiger partial charge in [-0.05, 0) is 74.5 Å². The Morgan fingerprint density at radius 3 is 2.21 bits per heavy atom. The Kier molecular flexibility index (Phi) is 10.2. The number of halogens is 3. The number of ether oxygens (including phenoxy) is 1. The molecular formula is C21H24Br3N3O2. The van der Waals surface area contributed by atoms with E-state index in [2.05, 4.69) is 89.2 Å². The highest BCUT2D eigenvalue weighted by Gasteiger charge is 2.10. The van der Waals surface area contributed by atoms with Crippen molar-refractivity contribution in [1.82, 2.24) is 5.43 Å². The van der Waals surface area contributed by atoms with Crippen LogP contribution in [0.15, 0.2) is 54.9 Å². The minimum atomic E-state index is -0.336. The van der Waals surface area contributed by atoms with Crippen molar-refractivity contribution in [1.29, 1.82) is 0 Å². The zero-order valence-corrected chi connectivity index (χ0v) is 21.2. The molecule has 0 atom stereocenters. The highest BCUT2D eigenvalue weighted by molar-refractivity contribution is 9.11. The Morgan fingerprint density at radius 1 is 1.07 bits per heavy atom. The molecule has 2 aromatic carbocycles.